The molecule has 1 saturated heterocycles. The van der Waals surface area contributed by atoms with Crippen molar-refractivity contribution in [1.82, 2.24) is 10.2 Å². The van der Waals surface area contributed by atoms with E-state index in [9.17, 15) is 9.59 Å². The minimum absolute atomic E-state index is 0.0775. The van der Waals surface area contributed by atoms with Crippen LogP contribution in [-0.2, 0) is 4.79 Å². The van der Waals surface area contributed by atoms with Crippen molar-refractivity contribution in [1.29, 1.82) is 0 Å². The molecule has 0 spiro atoms. The van der Waals surface area contributed by atoms with Crippen molar-refractivity contribution < 1.29 is 14.3 Å². The Morgan fingerprint density at radius 3 is 2.26 bits per heavy atom. The van der Waals surface area contributed by atoms with Crippen molar-refractivity contribution in [3.8, 4) is 5.75 Å². The highest BCUT2D eigenvalue weighted by Gasteiger charge is 2.21. The molecule has 0 bridgehead atoms. The van der Waals surface area contributed by atoms with Crippen molar-refractivity contribution in [2.45, 2.75) is 6.92 Å². The first-order valence-corrected chi connectivity index (χ1v) is 10.7. The van der Waals surface area contributed by atoms with E-state index in [4.69, 9.17) is 40.2 Å². The molecule has 2 N–H and O–H groups in total. The topological polar surface area (TPSA) is 73.9 Å². The van der Waals surface area contributed by atoms with Gasteiger partial charge in [0.2, 0.25) is 5.91 Å². The number of nitrogens with one attached hydrogen (secondary N) is 2. The molecule has 2 aromatic carbocycles. The molecule has 0 aromatic heterocycles. The zero-order valence-corrected chi connectivity index (χ0v) is 19.4. The minimum Gasteiger partial charge on any atom is -0.494 e. The molecule has 0 saturated carbocycles. The van der Waals surface area contributed by atoms with Gasteiger partial charge in [-0.25, -0.2) is 0 Å². The van der Waals surface area contributed by atoms with Crippen molar-refractivity contribution in [2.75, 3.05) is 43.5 Å². The van der Waals surface area contributed by atoms with Crippen molar-refractivity contribution >= 4 is 63.7 Å². The first-order valence-electron chi connectivity index (χ1n) is 9.55. The van der Waals surface area contributed by atoms with E-state index in [0.717, 1.165) is 11.4 Å². The van der Waals surface area contributed by atoms with Gasteiger partial charge in [-0.15, -0.1) is 0 Å². The SMILES string of the molecule is COc1c(Cl)cc(C(=O)NC(=S)Nc2ccccc2N2CCN(C(C)=O)CC2)cc1Cl. The summed E-state index contributed by atoms with van der Waals surface area (Å²) >= 11 is 17.6. The third-order valence-electron chi connectivity index (χ3n) is 4.91. The van der Waals surface area contributed by atoms with Crippen LogP contribution in [0.3, 0.4) is 0 Å². The van der Waals surface area contributed by atoms with E-state index in [-0.39, 0.29) is 26.6 Å². The molecule has 0 aliphatic carbocycles. The molecule has 7 nitrogen and oxygen atoms in total. The second kappa shape index (κ2) is 10.2. The Labute approximate surface area is 196 Å². The van der Waals surface area contributed by atoms with Gasteiger partial charge in [0, 0.05) is 38.7 Å². The number of thiocarbonyl (C=S) groups is 1. The number of ether oxygens (including phenoxy) is 1. The fourth-order valence-corrected chi connectivity index (χ4v) is 4.18. The smallest absolute Gasteiger partial charge is 0.257 e. The fourth-order valence-electron chi connectivity index (χ4n) is 3.33. The number of benzene rings is 2. The first kappa shape index (κ1) is 23.1. The summed E-state index contributed by atoms with van der Waals surface area (Å²) in [6.07, 6.45) is 0. The van der Waals surface area contributed by atoms with Gasteiger partial charge in [-0.1, -0.05) is 35.3 Å². The number of nitrogens with zero attached hydrogens (tertiary/aromatic N) is 2. The predicted octanol–water partition coefficient (Wildman–Crippen LogP) is 3.80. The molecule has 1 heterocycles. The molecule has 10 heteroatoms. The third kappa shape index (κ3) is 5.58. The molecule has 0 radical (unpaired) electrons. The van der Waals surface area contributed by atoms with E-state index in [1.54, 1.807) is 6.92 Å². The van der Waals surface area contributed by atoms with E-state index in [2.05, 4.69) is 15.5 Å². The van der Waals surface area contributed by atoms with E-state index >= 15 is 0 Å². The van der Waals surface area contributed by atoms with Gasteiger partial charge in [-0.2, -0.15) is 0 Å². The van der Waals surface area contributed by atoms with Gasteiger partial charge in [0.15, 0.2) is 10.9 Å². The highest BCUT2D eigenvalue weighted by Crippen LogP contribution is 2.33. The third-order valence-corrected chi connectivity index (χ3v) is 5.68. The Morgan fingerprint density at radius 1 is 1.06 bits per heavy atom. The molecule has 1 aliphatic heterocycles. The average molecular weight is 481 g/mol. The quantitative estimate of drug-likeness (QED) is 0.648. The van der Waals surface area contributed by atoms with Crippen LogP contribution in [0.5, 0.6) is 5.75 Å². The van der Waals surface area contributed by atoms with Crippen LogP contribution in [-0.4, -0.2) is 55.1 Å². The van der Waals surface area contributed by atoms with Gasteiger partial charge in [-0.3, -0.25) is 14.9 Å². The standard InChI is InChI=1S/C21H22Cl2N4O3S/c1-13(28)26-7-9-27(10-8-26)18-6-4-3-5-17(18)24-21(31)25-20(29)14-11-15(22)19(30-2)16(23)12-14/h3-6,11-12H,7-10H2,1-2H3,(H2,24,25,29,31). The molecular formula is C21H22Cl2N4O3S. The Kier molecular flexibility index (Phi) is 7.59. The lowest BCUT2D eigenvalue weighted by Crippen LogP contribution is -2.48. The molecular weight excluding hydrogens is 459 g/mol. The Hall–Kier alpha value is -2.55. The van der Waals surface area contributed by atoms with Crippen molar-refractivity contribution in [3.05, 3.63) is 52.0 Å². The van der Waals surface area contributed by atoms with Gasteiger partial charge < -0.3 is 19.9 Å². The predicted molar refractivity (Wildman–Crippen MR) is 128 cm³/mol. The summed E-state index contributed by atoms with van der Waals surface area (Å²) in [5, 5.41) is 6.32. The summed E-state index contributed by atoms with van der Waals surface area (Å²) in [7, 11) is 1.45. The van der Waals surface area contributed by atoms with Crippen molar-refractivity contribution in [3.63, 3.8) is 0 Å². The first-order chi connectivity index (χ1) is 14.8. The number of carbonyl (C=O) groups excluding carboxylic acids is 2. The maximum Gasteiger partial charge on any atom is 0.257 e. The van der Waals surface area contributed by atoms with Gasteiger partial charge in [0.25, 0.3) is 5.91 Å². The van der Waals surface area contributed by atoms with Crippen LogP contribution >= 0.6 is 35.4 Å². The lowest BCUT2D eigenvalue weighted by Gasteiger charge is -2.36. The van der Waals surface area contributed by atoms with Gasteiger partial charge in [0.1, 0.15) is 0 Å². The van der Waals surface area contributed by atoms with Crippen molar-refractivity contribution in [2.24, 2.45) is 0 Å². The van der Waals surface area contributed by atoms with Gasteiger partial charge in [0.05, 0.1) is 28.5 Å². The van der Waals surface area contributed by atoms with E-state index < -0.39 is 5.91 Å². The Balaban J connectivity index is 1.68. The summed E-state index contributed by atoms with van der Waals surface area (Å²) in [4.78, 5) is 28.2. The molecule has 31 heavy (non-hydrogen) atoms. The molecule has 2 amide bonds. The van der Waals surface area contributed by atoms with Crippen LogP contribution in [0.4, 0.5) is 11.4 Å². The van der Waals surface area contributed by atoms with Crippen LogP contribution in [0.1, 0.15) is 17.3 Å². The van der Waals surface area contributed by atoms with Crippen LogP contribution < -0.4 is 20.3 Å². The van der Waals surface area contributed by atoms with Crippen LogP contribution in [0, 0.1) is 0 Å². The number of amides is 2. The summed E-state index contributed by atoms with van der Waals surface area (Å²) in [5.41, 5.74) is 1.96. The van der Waals surface area contributed by atoms with Gasteiger partial charge in [-0.05, 0) is 36.5 Å². The average Bonchev–Trinajstić information content (AvgIpc) is 2.74. The number of anilines is 2. The Morgan fingerprint density at radius 2 is 1.68 bits per heavy atom. The number of methoxy groups -OCH3 is 1. The molecule has 0 atom stereocenters. The minimum atomic E-state index is -0.448. The summed E-state index contributed by atoms with van der Waals surface area (Å²) in [6.45, 7) is 4.31. The number of para-hydroxylation sites is 2. The summed E-state index contributed by atoms with van der Waals surface area (Å²) in [5.74, 6) is -0.0652. The monoisotopic (exact) mass is 480 g/mol. The number of carbonyl (C=O) groups is 2. The lowest BCUT2D eigenvalue weighted by molar-refractivity contribution is -0.129. The molecule has 2 aromatic rings. The Bertz CT molecular complexity index is 987. The maximum absolute atomic E-state index is 12.6. The highest BCUT2D eigenvalue weighted by molar-refractivity contribution is 7.80. The number of hydrogen-bond donors (Lipinski definition) is 2. The van der Waals surface area contributed by atoms with Crippen LogP contribution in [0.2, 0.25) is 10.0 Å². The largest absolute Gasteiger partial charge is 0.494 e. The van der Waals surface area contributed by atoms with E-state index in [1.165, 1.54) is 19.2 Å². The number of piperazine rings is 1. The highest BCUT2D eigenvalue weighted by atomic mass is 35.5. The van der Waals surface area contributed by atoms with Crippen LogP contribution in [0.15, 0.2) is 36.4 Å². The zero-order chi connectivity index (χ0) is 22.5. The molecule has 1 aliphatic rings. The molecule has 3 rings (SSSR count). The molecule has 164 valence electrons. The number of rotatable bonds is 4. The maximum atomic E-state index is 12.6. The zero-order valence-electron chi connectivity index (χ0n) is 17.1. The van der Waals surface area contributed by atoms with Crippen LogP contribution in [0.25, 0.3) is 0 Å². The fraction of sp³-hybridized carbons (Fsp3) is 0.286. The normalized spacial score (nSPS) is 13.5. The number of hydrogen-bond acceptors (Lipinski definition) is 5. The second-order valence-electron chi connectivity index (χ2n) is 6.89. The van der Waals surface area contributed by atoms with E-state index in [1.807, 2.05) is 29.2 Å². The summed E-state index contributed by atoms with van der Waals surface area (Å²) < 4.78 is 5.10. The lowest BCUT2D eigenvalue weighted by atomic mass is 10.2. The molecule has 1 fully saturated rings. The van der Waals surface area contributed by atoms with Gasteiger partial charge >= 0.3 is 0 Å². The molecule has 0 unspecified atom stereocenters. The number of halogens is 2. The van der Waals surface area contributed by atoms with E-state index in [0.29, 0.717) is 31.9 Å². The second-order valence-corrected chi connectivity index (χ2v) is 8.11. The summed E-state index contributed by atoms with van der Waals surface area (Å²) in [6, 6.07) is 10.6.